The van der Waals surface area contributed by atoms with Gasteiger partial charge in [-0.15, -0.1) is 0 Å². The average molecular weight is 315 g/mol. The molecule has 0 unspecified atom stereocenters. The van der Waals surface area contributed by atoms with Crippen LogP contribution in [0.25, 0.3) is 0 Å². The molecule has 22 heavy (non-hydrogen) atoms. The molecule has 0 aliphatic carbocycles. The molecule has 0 fully saturated rings. The molecule has 1 N–H and O–H groups in total. The summed E-state index contributed by atoms with van der Waals surface area (Å²) in [7, 11) is 0. The second-order valence-electron chi connectivity index (χ2n) is 7.10. The molecule has 0 rings (SSSR count). The zero-order valence-electron chi connectivity index (χ0n) is 14.2. The number of carbonyl (C=O) groups excluding carboxylic acids is 1. The number of unbranched alkanes of at least 4 members (excludes halogenated alkanes) is 9. The predicted octanol–water partition coefficient (Wildman–Crippen LogP) is 6.00. The monoisotopic (exact) mass is 314 g/mol. The van der Waals surface area contributed by atoms with Crippen LogP contribution >= 0.6 is 0 Å². The van der Waals surface area contributed by atoms with Crippen molar-refractivity contribution in [2.24, 2.45) is 5.41 Å². The van der Waals surface area contributed by atoms with Crippen molar-refractivity contribution in [3.63, 3.8) is 0 Å². The van der Waals surface area contributed by atoms with Gasteiger partial charge in [0.15, 0.2) is 0 Å². The van der Waals surface area contributed by atoms with Gasteiger partial charge in [0.2, 0.25) is 0 Å². The van der Waals surface area contributed by atoms with Crippen LogP contribution in [-0.4, -0.2) is 16.9 Å². The van der Waals surface area contributed by atoms with Crippen molar-refractivity contribution in [3.05, 3.63) is 0 Å². The number of carboxylic acid groups (broad SMARTS) is 1. The fraction of sp³-hybridized carbons (Fsp3) is 0.895. The Bertz CT molecular complexity index is 290. The molecule has 3 heteroatoms. The predicted molar refractivity (Wildman–Crippen MR) is 94.2 cm³/mol. The summed E-state index contributed by atoms with van der Waals surface area (Å²) in [6.07, 6.45) is 12.5. The number of rotatable bonds is 13. The van der Waals surface area contributed by atoms with E-state index in [-0.39, 0.29) is 12.8 Å². The van der Waals surface area contributed by atoms with Crippen molar-refractivity contribution in [1.29, 1.82) is 0 Å². The molecule has 0 heterocycles. The van der Waals surface area contributed by atoms with Crippen molar-refractivity contribution < 1.29 is 14.7 Å². The van der Waals surface area contributed by atoms with Gasteiger partial charge in [-0.3, -0.25) is 9.59 Å². The second kappa shape index (κ2) is 13.8. The normalized spacial score (nSPS) is 11.0. The highest BCUT2D eigenvalue weighted by molar-refractivity contribution is 5.83. The highest BCUT2D eigenvalue weighted by Crippen LogP contribution is 2.19. The molecule has 0 radical (unpaired) electrons. The Balaban J connectivity index is 0. The summed E-state index contributed by atoms with van der Waals surface area (Å²) in [4.78, 5) is 22.1. The summed E-state index contributed by atoms with van der Waals surface area (Å²) in [6.45, 7) is 5.98. The Hall–Kier alpha value is -0.860. The molecule has 0 amide bonds. The van der Waals surface area contributed by atoms with Gasteiger partial charge in [-0.25, -0.2) is 0 Å². The minimum Gasteiger partial charge on any atom is -0.481 e. The van der Waals surface area contributed by atoms with Gasteiger partial charge in [0.1, 0.15) is 5.78 Å². The summed E-state index contributed by atoms with van der Waals surface area (Å²) < 4.78 is 0. The van der Waals surface area contributed by atoms with E-state index in [1.807, 2.05) is 20.8 Å². The van der Waals surface area contributed by atoms with Gasteiger partial charge in [-0.2, -0.15) is 0 Å². The summed E-state index contributed by atoms with van der Waals surface area (Å²) in [6, 6.07) is 0. The molecule has 0 saturated carbocycles. The molecule has 0 saturated heterocycles. The van der Waals surface area contributed by atoms with Crippen LogP contribution < -0.4 is 0 Å². The van der Waals surface area contributed by atoms with E-state index in [1.54, 1.807) is 0 Å². The van der Waals surface area contributed by atoms with Gasteiger partial charge in [-0.05, 0) is 12.8 Å². The van der Waals surface area contributed by atoms with Gasteiger partial charge in [0, 0.05) is 18.3 Å². The van der Waals surface area contributed by atoms with Crippen LogP contribution in [0.4, 0.5) is 0 Å². The number of carboxylic acids is 1. The van der Waals surface area contributed by atoms with Crippen LogP contribution in [0.2, 0.25) is 0 Å². The first-order chi connectivity index (χ1) is 9.84. The molecule has 0 spiro atoms. The van der Waals surface area contributed by atoms with Crippen LogP contribution in [0.3, 0.4) is 0 Å². The van der Waals surface area contributed by atoms with Gasteiger partial charge in [0.05, 0.1) is 0 Å². The van der Waals surface area contributed by atoms with Crippen LogP contribution in [0.1, 0.15) is 105 Å². The topological polar surface area (TPSA) is 54.4 Å². The molecule has 132 valence electrons. The smallest absolute Gasteiger partial charge is 0.303 e. The second-order valence-corrected chi connectivity index (χ2v) is 7.10. The first-order valence-corrected chi connectivity index (χ1v) is 8.59. The molecule has 0 aromatic heterocycles. The maximum Gasteiger partial charge on any atom is 0.303 e. The van der Waals surface area contributed by atoms with Gasteiger partial charge in [0.25, 0.3) is 0 Å². The Morgan fingerprint density at radius 2 is 1.00 bits per heavy atom. The lowest BCUT2D eigenvalue weighted by molar-refractivity contribution is -0.137. The number of aliphatic carboxylic acids is 1. The molecular weight excluding hydrogens is 276 g/mol. The van der Waals surface area contributed by atoms with E-state index in [0.717, 1.165) is 32.1 Å². The fourth-order valence-electron chi connectivity index (χ4n) is 2.35. The van der Waals surface area contributed by atoms with E-state index in [2.05, 4.69) is 0 Å². The molecule has 0 aliphatic heterocycles. The largest absolute Gasteiger partial charge is 0.481 e. The summed E-state index contributed by atoms with van der Waals surface area (Å²) in [5.74, 6) is -0.302. The third kappa shape index (κ3) is 15.5. The van der Waals surface area contributed by atoms with E-state index in [9.17, 15) is 9.59 Å². The first-order valence-electron chi connectivity index (χ1n) is 8.59. The van der Waals surface area contributed by atoms with Crippen molar-refractivity contribution in [1.82, 2.24) is 0 Å². The third-order valence-corrected chi connectivity index (χ3v) is 3.88. The molecule has 0 aliphatic rings. The highest BCUT2D eigenvalue weighted by Gasteiger charge is 2.19. The van der Waals surface area contributed by atoms with Gasteiger partial charge >= 0.3 is 5.97 Å². The molecule has 0 aromatic carbocycles. The Labute approximate surface area is 137 Å². The van der Waals surface area contributed by atoms with Crippen LogP contribution in [0.5, 0.6) is 0 Å². The van der Waals surface area contributed by atoms with Crippen LogP contribution in [-0.2, 0) is 9.59 Å². The lowest BCUT2D eigenvalue weighted by atomic mass is 9.88. The molecule has 0 bridgehead atoms. The van der Waals surface area contributed by atoms with Gasteiger partial charge < -0.3 is 5.11 Å². The van der Waals surface area contributed by atoms with E-state index >= 15 is 0 Å². The van der Waals surface area contributed by atoms with Crippen molar-refractivity contribution in [2.45, 2.75) is 105 Å². The van der Waals surface area contributed by atoms with Gasteiger partial charge in [-0.1, -0.05) is 79.6 Å². The lowest BCUT2D eigenvalue weighted by Gasteiger charge is -2.16. The van der Waals surface area contributed by atoms with E-state index in [1.165, 1.54) is 38.5 Å². The van der Waals surface area contributed by atoms with Crippen molar-refractivity contribution in [2.75, 3.05) is 0 Å². The molecular formula is C19H38O3. The molecule has 0 atom stereocenters. The zero-order chi connectivity index (χ0) is 16.1. The van der Waals surface area contributed by atoms with Crippen LogP contribution in [0.15, 0.2) is 0 Å². The first kappa shape index (κ1) is 23.4. The number of hydrogen-bond acceptors (Lipinski definition) is 2. The standard InChI is InChI=1S/C18H34O3.CH4/c1-18(2,3)16(19)14-12-10-8-6-4-5-7-9-11-13-15-17(20)21;/h4-15H2,1-3H3,(H,20,21);1H4. The van der Waals surface area contributed by atoms with Crippen LogP contribution in [0, 0.1) is 5.41 Å². The Morgan fingerprint density at radius 1 is 0.682 bits per heavy atom. The van der Waals surface area contributed by atoms with E-state index < -0.39 is 5.97 Å². The minimum atomic E-state index is -0.681. The number of carbonyl (C=O) groups is 2. The van der Waals surface area contributed by atoms with Crippen molar-refractivity contribution >= 4 is 11.8 Å². The summed E-state index contributed by atoms with van der Waals surface area (Å²) >= 11 is 0. The fourth-order valence-corrected chi connectivity index (χ4v) is 2.35. The Kier molecular flexibility index (Phi) is 14.7. The maximum atomic E-state index is 11.7. The molecule has 3 nitrogen and oxygen atoms in total. The maximum absolute atomic E-state index is 11.7. The molecule has 0 aromatic rings. The third-order valence-electron chi connectivity index (χ3n) is 3.88. The SMILES string of the molecule is C.CC(C)(C)C(=O)CCCCCCCCCCCCC(=O)O. The number of hydrogen-bond donors (Lipinski definition) is 1. The highest BCUT2D eigenvalue weighted by atomic mass is 16.4. The zero-order valence-corrected chi connectivity index (χ0v) is 14.2. The summed E-state index contributed by atoms with van der Waals surface area (Å²) in [5, 5.41) is 8.51. The quantitative estimate of drug-likeness (QED) is 0.424. The number of Topliss-reactive ketones (excluding diaryl/α,β-unsaturated/α-hetero) is 1. The van der Waals surface area contributed by atoms with Crippen molar-refractivity contribution in [3.8, 4) is 0 Å². The number of ketones is 1. The average Bonchev–Trinajstić information content (AvgIpc) is 2.38. The summed E-state index contributed by atoms with van der Waals surface area (Å²) in [5.41, 5.74) is -0.180. The van der Waals surface area contributed by atoms with E-state index in [0.29, 0.717) is 12.2 Å². The lowest BCUT2D eigenvalue weighted by Crippen LogP contribution is -2.19. The van der Waals surface area contributed by atoms with E-state index in [4.69, 9.17) is 5.11 Å². The minimum absolute atomic E-state index is 0. The Morgan fingerprint density at radius 3 is 1.32 bits per heavy atom.